The Morgan fingerprint density at radius 3 is 2.41 bits per heavy atom. The number of hydrogen-bond acceptors (Lipinski definition) is 5. The molecule has 1 aromatic rings. The van der Waals surface area contributed by atoms with Gasteiger partial charge in [-0.1, -0.05) is 0 Å². The first-order valence-electron chi connectivity index (χ1n) is 7.80. The Bertz CT molecular complexity index is 509. The second-order valence-corrected chi connectivity index (χ2v) is 7.12. The van der Waals surface area contributed by atoms with Crippen LogP contribution >= 0.6 is 0 Å². The van der Waals surface area contributed by atoms with Gasteiger partial charge in [0.05, 0.1) is 12.7 Å². The van der Waals surface area contributed by atoms with Crippen LogP contribution in [0.2, 0.25) is 0 Å². The minimum absolute atomic E-state index is 0.225. The predicted molar refractivity (Wildman–Crippen MR) is 83.5 cm³/mol. The van der Waals surface area contributed by atoms with Crippen LogP contribution in [0.15, 0.2) is 10.6 Å². The van der Waals surface area contributed by atoms with E-state index in [4.69, 9.17) is 9.15 Å². The van der Waals surface area contributed by atoms with Crippen molar-refractivity contribution in [1.29, 1.82) is 0 Å². The zero-order valence-electron chi connectivity index (χ0n) is 14.4. The number of aromatic nitrogens is 1. The molecule has 0 aromatic carbocycles. The molecule has 0 radical (unpaired) electrons. The van der Waals surface area contributed by atoms with Crippen LogP contribution in [-0.2, 0) is 11.3 Å². The van der Waals surface area contributed by atoms with Crippen LogP contribution in [0.4, 0.5) is 4.79 Å². The molecule has 124 valence electrons. The van der Waals surface area contributed by atoms with Crippen LogP contribution in [0.5, 0.6) is 0 Å². The number of nitrogens with zero attached hydrogens (tertiary/aromatic N) is 3. The van der Waals surface area contributed by atoms with Gasteiger partial charge in [-0.05, 0) is 41.5 Å². The van der Waals surface area contributed by atoms with Gasteiger partial charge in [0, 0.05) is 25.2 Å². The van der Waals surface area contributed by atoms with E-state index in [-0.39, 0.29) is 18.2 Å². The Kier molecular flexibility index (Phi) is 4.80. The number of carbonyl (C=O) groups is 1. The van der Waals surface area contributed by atoms with Crippen molar-refractivity contribution in [1.82, 2.24) is 14.8 Å². The minimum Gasteiger partial charge on any atom is -0.445 e. The molecule has 0 unspecified atom stereocenters. The monoisotopic (exact) mass is 309 g/mol. The van der Waals surface area contributed by atoms with E-state index in [2.05, 4.69) is 23.7 Å². The highest BCUT2D eigenvalue weighted by Gasteiger charge is 2.34. The molecule has 0 spiro atoms. The van der Waals surface area contributed by atoms with E-state index in [0.717, 1.165) is 11.7 Å². The molecule has 6 nitrogen and oxygen atoms in total. The maximum Gasteiger partial charge on any atom is 0.410 e. The molecule has 6 heteroatoms. The van der Waals surface area contributed by atoms with Gasteiger partial charge in [0.15, 0.2) is 0 Å². The van der Waals surface area contributed by atoms with Crippen LogP contribution in [0.3, 0.4) is 0 Å². The van der Waals surface area contributed by atoms with E-state index in [1.54, 1.807) is 11.1 Å². The van der Waals surface area contributed by atoms with Crippen LogP contribution in [0.25, 0.3) is 0 Å². The molecule has 0 bridgehead atoms. The number of aryl methyl sites for hydroxylation is 1. The van der Waals surface area contributed by atoms with Crippen molar-refractivity contribution >= 4 is 6.09 Å². The van der Waals surface area contributed by atoms with Crippen molar-refractivity contribution in [3.63, 3.8) is 0 Å². The van der Waals surface area contributed by atoms with Crippen molar-refractivity contribution in [2.75, 3.05) is 13.1 Å². The molecule has 2 atom stereocenters. The fourth-order valence-electron chi connectivity index (χ4n) is 2.77. The summed E-state index contributed by atoms with van der Waals surface area (Å²) in [6.07, 6.45) is 1.50. The largest absolute Gasteiger partial charge is 0.445 e. The van der Waals surface area contributed by atoms with Gasteiger partial charge in [0.25, 0.3) is 0 Å². The summed E-state index contributed by atoms with van der Waals surface area (Å²) in [6, 6.07) is 0.451. The zero-order valence-corrected chi connectivity index (χ0v) is 14.4. The smallest absolute Gasteiger partial charge is 0.410 e. The third-order valence-electron chi connectivity index (χ3n) is 3.74. The molecule has 2 heterocycles. The van der Waals surface area contributed by atoms with E-state index >= 15 is 0 Å². The van der Waals surface area contributed by atoms with Crippen LogP contribution < -0.4 is 0 Å². The lowest BCUT2D eigenvalue weighted by Gasteiger charge is -2.43. The van der Waals surface area contributed by atoms with E-state index in [9.17, 15) is 4.79 Å². The number of amides is 1. The first kappa shape index (κ1) is 16.8. The third kappa shape index (κ3) is 4.22. The molecule has 2 rings (SSSR count). The lowest BCUT2D eigenvalue weighted by atomic mass is 10.1. The summed E-state index contributed by atoms with van der Waals surface area (Å²) >= 11 is 0. The Morgan fingerprint density at radius 2 is 1.95 bits per heavy atom. The molecule has 1 aromatic heterocycles. The summed E-state index contributed by atoms with van der Waals surface area (Å²) in [7, 11) is 0. The molecule has 1 fully saturated rings. The average Bonchev–Trinajstić information content (AvgIpc) is 2.77. The molecule has 22 heavy (non-hydrogen) atoms. The molecule has 0 saturated carbocycles. The first-order valence-corrected chi connectivity index (χ1v) is 7.80. The molecule has 1 aliphatic rings. The van der Waals surface area contributed by atoms with E-state index < -0.39 is 5.60 Å². The maximum absolute atomic E-state index is 12.2. The summed E-state index contributed by atoms with van der Waals surface area (Å²) in [5, 5.41) is 0. The van der Waals surface area contributed by atoms with E-state index in [1.165, 1.54) is 0 Å². The first-order chi connectivity index (χ1) is 10.2. The number of rotatable bonds is 2. The number of hydrogen-bond donors (Lipinski definition) is 0. The Labute approximate surface area is 132 Å². The summed E-state index contributed by atoms with van der Waals surface area (Å²) in [5.41, 5.74) is -0.462. The predicted octanol–water partition coefficient (Wildman–Crippen LogP) is 2.81. The SMILES string of the molecule is Cc1cnc(CN2[C@H](C)CN(C(=O)OC(C)(C)C)C[C@@H]2C)o1. The van der Waals surface area contributed by atoms with Crippen LogP contribution in [0, 0.1) is 6.92 Å². The Hall–Kier alpha value is -1.56. The van der Waals surface area contributed by atoms with Crippen molar-refractivity contribution in [2.24, 2.45) is 0 Å². The average molecular weight is 309 g/mol. The topological polar surface area (TPSA) is 58.8 Å². The molecular weight excluding hydrogens is 282 g/mol. The molecular formula is C16H27N3O3. The quantitative estimate of drug-likeness (QED) is 0.841. The number of carbonyl (C=O) groups excluding carboxylic acids is 1. The lowest BCUT2D eigenvalue weighted by Crippen LogP contribution is -2.58. The summed E-state index contributed by atoms with van der Waals surface area (Å²) in [4.78, 5) is 20.6. The number of piperazine rings is 1. The molecule has 0 N–H and O–H groups in total. The van der Waals surface area contributed by atoms with Crippen molar-refractivity contribution < 1.29 is 13.9 Å². The minimum atomic E-state index is -0.462. The summed E-state index contributed by atoms with van der Waals surface area (Å²) in [5.74, 6) is 1.55. The molecule has 0 aliphatic carbocycles. The van der Waals surface area contributed by atoms with Gasteiger partial charge in [-0.2, -0.15) is 0 Å². The van der Waals surface area contributed by atoms with Gasteiger partial charge in [0.1, 0.15) is 11.4 Å². The molecule has 1 aliphatic heterocycles. The second-order valence-electron chi connectivity index (χ2n) is 7.12. The maximum atomic E-state index is 12.2. The summed E-state index contributed by atoms with van der Waals surface area (Å²) in [6.45, 7) is 13.8. The fraction of sp³-hybridized carbons (Fsp3) is 0.750. The van der Waals surface area contributed by atoms with Crippen molar-refractivity contribution in [2.45, 2.75) is 65.8 Å². The highest BCUT2D eigenvalue weighted by molar-refractivity contribution is 5.68. The third-order valence-corrected chi connectivity index (χ3v) is 3.74. The lowest BCUT2D eigenvalue weighted by molar-refractivity contribution is -0.0116. The number of ether oxygens (including phenoxy) is 1. The number of oxazole rings is 1. The van der Waals surface area contributed by atoms with Gasteiger partial charge in [-0.25, -0.2) is 9.78 Å². The van der Waals surface area contributed by atoms with Crippen molar-refractivity contribution in [3.05, 3.63) is 17.8 Å². The van der Waals surface area contributed by atoms with Gasteiger partial charge in [-0.15, -0.1) is 0 Å². The molecule has 1 saturated heterocycles. The van der Waals surface area contributed by atoms with Gasteiger partial charge in [0.2, 0.25) is 5.89 Å². The van der Waals surface area contributed by atoms with Gasteiger partial charge >= 0.3 is 6.09 Å². The van der Waals surface area contributed by atoms with Crippen molar-refractivity contribution in [3.8, 4) is 0 Å². The Morgan fingerprint density at radius 1 is 1.36 bits per heavy atom. The normalized spacial score (nSPS) is 23.6. The van der Waals surface area contributed by atoms with Crippen LogP contribution in [-0.4, -0.2) is 51.7 Å². The zero-order chi connectivity index (χ0) is 16.5. The van der Waals surface area contributed by atoms with E-state index in [0.29, 0.717) is 19.6 Å². The Balaban J connectivity index is 1.98. The molecule has 1 amide bonds. The highest BCUT2D eigenvalue weighted by atomic mass is 16.6. The van der Waals surface area contributed by atoms with Gasteiger partial charge < -0.3 is 14.1 Å². The highest BCUT2D eigenvalue weighted by Crippen LogP contribution is 2.21. The summed E-state index contributed by atoms with van der Waals surface area (Å²) < 4.78 is 11.0. The standard InChI is InChI=1S/C16H27N3O3/c1-11-8-18(15(20)22-16(4,5)6)9-12(2)19(11)10-14-17-7-13(3)21-14/h7,11-12H,8-10H2,1-6H3/t11-,12+. The van der Waals surface area contributed by atoms with E-state index in [1.807, 2.05) is 27.7 Å². The second kappa shape index (κ2) is 6.28. The van der Waals surface area contributed by atoms with Crippen LogP contribution in [0.1, 0.15) is 46.3 Å². The van der Waals surface area contributed by atoms with Gasteiger partial charge in [-0.3, -0.25) is 4.90 Å². The fourth-order valence-corrected chi connectivity index (χ4v) is 2.77.